The molecule has 1 fully saturated rings. The molecule has 0 aliphatic heterocycles. The van der Waals surface area contributed by atoms with Gasteiger partial charge < -0.3 is 10.1 Å². The lowest BCUT2D eigenvalue weighted by Crippen LogP contribution is -2.16. The van der Waals surface area contributed by atoms with Crippen LogP contribution < -0.4 is 10.1 Å². The zero-order valence-corrected chi connectivity index (χ0v) is 11.8. The molecule has 1 aliphatic rings. The van der Waals surface area contributed by atoms with E-state index in [1.54, 1.807) is 24.3 Å². The Kier molecular flexibility index (Phi) is 3.88. The van der Waals surface area contributed by atoms with Gasteiger partial charge in [0.25, 0.3) is 0 Å². The van der Waals surface area contributed by atoms with E-state index in [0.29, 0.717) is 23.9 Å². The van der Waals surface area contributed by atoms with Crippen molar-refractivity contribution in [2.75, 3.05) is 0 Å². The van der Waals surface area contributed by atoms with Gasteiger partial charge in [-0.3, -0.25) is 0 Å². The fourth-order valence-electron chi connectivity index (χ4n) is 2.15. The number of hydrogen-bond acceptors (Lipinski definition) is 2. The first-order valence-corrected chi connectivity index (χ1v) is 7.08. The van der Waals surface area contributed by atoms with Crippen LogP contribution in [-0.2, 0) is 6.54 Å². The van der Waals surface area contributed by atoms with Gasteiger partial charge in [-0.1, -0.05) is 12.1 Å². The molecule has 0 heterocycles. The molecule has 0 amide bonds. The molecule has 3 rings (SSSR count). The molecular weight excluding hydrogens is 272 g/mol. The Morgan fingerprint density at radius 2 is 1.90 bits per heavy atom. The third kappa shape index (κ3) is 3.39. The van der Waals surface area contributed by atoms with Crippen molar-refractivity contribution in [3.05, 3.63) is 59.2 Å². The largest absolute Gasteiger partial charge is 0.454 e. The van der Waals surface area contributed by atoms with E-state index in [0.717, 1.165) is 18.4 Å². The number of benzene rings is 2. The summed E-state index contributed by atoms with van der Waals surface area (Å²) < 4.78 is 33.4. The maximum absolute atomic E-state index is 14.0. The minimum absolute atomic E-state index is 0.119. The van der Waals surface area contributed by atoms with Gasteiger partial charge in [-0.25, -0.2) is 8.78 Å². The molecule has 2 aromatic rings. The van der Waals surface area contributed by atoms with Gasteiger partial charge in [0.2, 0.25) is 0 Å². The number of rotatable bonds is 5. The van der Waals surface area contributed by atoms with Crippen LogP contribution in [0.3, 0.4) is 0 Å². The lowest BCUT2D eigenvalue weighted by Gasteiger charge is -2.13. The monoisotopic (exact) mass is 289 g/mol. The van der Waals surface area contributed by atoms with Crippen LogP contribution in [0.15, 0.2) is 36.4 Å². The fourth-order valence-corrected chi connectivity index (χ4v) is 2.15. The summed E-state index contributed by atoms with van der Waals surface area (Å²) in [4.78, 5) is 0. The first kappa shape index (κ1) is 14.0. The standard InChI is InChI=1S/C17H17F2NO/c1-11-5-8-15(19)17(9-11)21-16-4-2-3-14(18)13(16)10-20-12-6-7-12/h2-5,8-9,12,20H,6-7,10H2,1H3. The highest BCUT2D eigenvalue weighted by Gasteiger charge is 2.22. The van der Waals surface area contributed by atoms with E-state index < -0.39 is 5.82 Å². The molecule has 4 heteroatoms. The first-order chi connectivity index (χ1) is 10.1. The van der Waals surface area contributed by atoms with Crippen molar-refractivity contribution in [1.29, 1.82) is 0 Å². The Balaban J connectivity index is 1.86. The molecule has 0 aromatic heterocycles. The van der Waals surface area contributed by atoms with Crippen LogP contribution in [0.1, 0.15) is 24.0 Å². The highest BCUT2D eigenvalue weighted by Crippen LogP contribution is 2.30. The highest BCUT2D eigenvalue weighted by molar-refractivity contribution is 5.40. The molecule has 0 bridgehead atoms. The second-order valence-corrected chi connectivity index (χ2v) is 5.41. The zero-order valence-electron chi connectivity index (χ0n) is 11.8. The van der Waals surface area contributed by atoms with Gasteiger partial charge >= 0.3 is 0 Å². The summed E-state index contributed by atoms with van der Waals surface area (Å²) in [5.41, 5.74) is 1.32. The van der Waals surface area contributed by atoms with Gasteiger partial charge in [-0.15, -0.1) is 0 Å². The van der Waals surface area contributed by atoms with Crippen LogP contribution in [0.5, 0.6) is 11.5 Å². The minimum atomic E-state index is -0.453. The molecule has 2 aromatic carbocycles. The quantitative estimate of drug-likeness (QED) is 0.885. The average molecular weight is 289 g/mol. The molecule has 2 nitrogen and oxygen atoms in total. The molecule has 0 radical (unpaired) electrons. The lowest BCUT2D eigenvalue weighted by molar-refractivity contribution is 0.429. The average Bonchev–Trinajstić information content (AvgIpc) is 3.26. The van der Waals surface area contributed by atoms with Crippen molar-refractivity contribution in [2.24, 2.45) is 0 Å². The summed E-state index contributed by atoms with van der Waals surface area (Å²) in [6, 6.07) is 9.72. The van der Waals surface area contributed by atoms with Crippen LogP contribution in [0.4, 0.5) is 8.78 Å². The lowest BCUT2D eigenvalue weighted by atomic mass is 10.1. The zero-order chi connectivity index (χ0) is 14.8. The summed E-state index contributed by atoms with van der Waals surface area (Å²) >= 11 is 0. The third-order valence-corrected chi connectivity index (χ3v) is 3.53. The predicted octanol–water partition coefficient (Wildman–Crippen LogP) is 4.32. The Morgan fingerprint density at radius 3 is 2.67 bits per heavy atom. The smallest absolute Gasteiger partial charge is 0.165 e. The highest BCUT2D eigenvalue weighted by atomic mass is 19.1. The normalized spacial score (nSPS) is 14.2. The number of halogens is 2. The van der Waals surface area contributed by atoms with Gasteiger partial charge in [0.15, 0.2) is 11.6 Å². The third-order valence-electron chi connectivity index (χ3n) is 3.53. The van der Waals surface area contributed by atoms with Gasteiger partial charge in [-0.2, -0.15) is 0 Å². The number of nitrogens with one attached hydrogen (secondary N) is 1. The van der Waals surface area contributed by atoms with Crippen molar-refractivity contribution in [2.45, 2.75) is 32.4 Å². The Bertz CT molecular complexity index is 653. The molecule has 1 aliphatic carbocycles. The van der Waals surface area contributed by atoms with Crippen molar-refractivity contribution in [1.82, 2.24) is 5.32 Å². The number of aryl methyl sites for hydroxylation is 1. The predicted molar refractivity (Wildman–Crippen MR) is 77.5 cm³/mol. The van der Waals surface area contributed by atoms with Crippen molar-refractivity contribution in [3.8, 4) is 11.5 Å². The Hall–Kier alpha value is -1.94. The Morgan fingerprint density at radius 1 is 1.10 bits per heavy atom. The molecule has 110 valence electrons. The van der Waals surface area contributed by atoms with Crippen molar-refractivity contribution in [3.63, 3.8) is 0 Å². The van der Waals surface area contributed by atoms with Gasteiger partial charge in [-0.05, 0) is 49.6 Å². The molecule has 0 unspecified atom stereocenters. The van der Waals surface area contributed by atoms with E-state index in [4.69, 9.17) is 4.74 Å². The van der Waals surface area contributed by atoms with Gasteiger partial charge in [0.1, 0.15) is 11.6 Å². The number of hydrogen-bond donors (Lipinski definition) is 1. The first-order valence-electron chi connectivity index (χ1n) is 7.08. The molecule has 0 spiro atoms. The molecule has 1 N–H and O–H groups in total. The second kappa shape index (κ2) is 5.82. The summed E-state index contributed by atoms with van der Waals surface area (Å²) in [6.45, 7) is 2.24. The van der Waals surface area contributed by atoms with Crippen molar-refractivity contribution >= 4 is 0 Å². The second-order valence-electron chi connectivity index (χ2n) is 5.41. The van der Waals surface area contributed by atoms with E-state index in [2.05, 4.69) is 5.32 Å². The SMILES string of the molecule is Cc1ccc(F)c(Oc2cccc(F)c2CNC2CC2)c1. The fraction of sp³-hybridized carbons (Fsp3) is 0.294. The van der Waals surface area contributed by atoms with Crippen molar-refractivity contribution < 1.29 is 13.5 Å². The molecule has 1 saturated carbocycles. The van der Waals surface area contributed by atoms with Crippen LogP contribution in [0, 0.1) is 18.6 Å². The van der Waals surface area contributed by atoms with Gasteiger partial charge in [0, 0.05) is 18.2 Å². The maximum Gasteiger partial charge on any atom is 0.165 e. The molecular formula is C17H17F2NO. The maximum atomic E-state index is 14.0. The minimum Gasteiger partial charge on any atom is -0.454 e. The van der Waals surface area contributed by atoms with Crippen LogP contribution in [0.2, 0.25) is 0 Å². The summed E-state index contributed by atoms with van der Waals surface area (Å²) in [7, 11) is 0. The van der Waals surface area contributed by atoms with E-state index in [1.807, 2.05) is 6.92 Å². The van der Waals surface area contributed by atoms with Crippen LogP contribution in [0.25, 0.3) is 0 Å². The topological polar surface area (TPSA) is 21.3 Å². The van der Waals surface area contributed by atoms with E-state index in [1.165, 1.54) is 12.1 Å². The van der Waals surface area contributed by atoms with Crippen LogP contribution in [-0.4, -0.2) is 6.04 Å². The van der Waals surface area contributed by atoms with E-state index in [9.17, 15) is 8.78 Å². The summed E-state index contributed by atoms with van der Waals surface area (Å²) in [5, 5.41) is 3.25. The Labute approximate surface area is 122 Å². The number of ether oxygens (including phenoxy) is 1. The molecule has 0 saturated heterocycles. The van der Waals surface area contributed by atoms with E-state index in [-0.39, 0.29) is 11.6 Å². The van der Waals surface area contributed by atoms with Gasteiger partial charge in [0.05, 0.1) is 0 Å². The summed E-state index contributed by atoms with van der Waals surface area (Å²) in [6.07, 6.45) is 2.24. The molecule has 21 heavy (non-hydrogen) atoms. The van der Waals surface area contributed by atoms with Crippen LogP contribution >= 0.6 is 0 Å². The summed E-state index contributed by atoms with van der Waals surface area (Å²) in [5.74, 6) is -0.319. The van der Waals surface area contributed by atoms with E-state index >= 15 is 0 Å². The molecule has 0 atom stereocenters.